The fourth-order valence-corrected chi connectivity index (χ4v) is 1.59. The third kappa shape index (κ3) is 4.33. The van der Waals surface area contributed by atoms with Crippen molar-refractivity contribution in [1.29, 1.82) is 0 Å². The molecule has 0 fully saturated rings. The van der Waals surface area contributed by atoms with Gasteiger partial charge in [-0.25, -0.2) is 0 Å². The molecule has 8 nitrogen and oxygen atoms in total. The number of benzene rings is 1. The maximum Gasteiger partial charge on any atom is 0.471 e. The van der Waals surface area contributed by atoms with Crippen molar-refractivity contribution in [2.75, 3.05) is 12.3 Å². The number of rotatable bonds is 5. The molecule has 0 aliphatic carbocycles. The summed E-state index contributed by atoms with van der Waals surface area (Å²) in [7, 11) is 0. The van der Waals surface area contributed by atoms with Gasteiger partial charge >= 0.3 is 18.1 Å². The minimum atomic E-state index is -5.25. The molecule has 1 amide bonds. The average Bonchev–Trinajstić information content (AvgIpc) is 2.37. The Morgan fingerprint density at radius 3 is 2.36 bits per heavy atom. The van der Waals surface area contributed by atoms with Crippen LogP contribution in [0.5, 0.6) is 0 Å². The third-order valence-electron chi connectivity index (χ3n) is 2.56. The topological polar surface area (TPSA) is 127 Å². The molecule has 120 valence electrons. The third-order valence-corrected chi connectivity index (χ3v) is 2.56. The number of nitrogens with two attached hydrogens (primary N) is 1. The quantitative estimate of drug-likeness (QED) is 0.476. The molecule has 0 unspecified atom stereocenters. The molecule has 1 aromatic carbocycles. The average molecular weight is 321 g/mol. The van der Waals surface area contributed by atoms with Crippen LogP contribution in [0.1, 0.15) is 5.56 Å². The Morgan fingerprint density at radius 1 is 1.36 bits per heavy atom. The molecule has 0 saturated carbocycles. The number of alkyl halides is 3. The SMILES string of the molecule is Nc1cc([N+](=O)[O-])ccc1CN(CC(=O)O)C(=O)C(F)(F)F. The molecule has 0 radical (unpaired) electrons. The van der Waals surface area contributed by atoms with Crippen LogP contribution in [-0.2, 0) is 16.1 Å². The van der Waals surface area contributed by atoms with Gasteiger partial charge in [-0.05, 0) is 11.6 Å². The monoisotopic (exact) mass is 321 g/mol. The number of carbonyl (C=O) groups excluding carboxylic acids is 1. The second-order valence-electron chi connectivity index (χ2n) is 4.19. The van der Waals surface area contributed by atoms with Gasteiger partial charge in [0.2, 0.25) is 0 Å². The summed E-state index contributed by atoms with van der Waals surface area (Å²) in [6.45, 7) is -1.93. The number of anilines is 1. The van der Waals surface area contributed by atoms with Gasteiger partial charge in [-0.3, -0.25) is 19.7 Å². The highest BCUT2D eigenvalue weighted by Gasteiger charge is 2.43. The number of carbonyl (C=O) groups is 2. The Morgan fingerprint density at radius 2 is 1.95 bits per heavy atom. The van der Waals surface area contributed by atoms with E-state index in [-0.39, 0.29) is 21.8 Å². The molecule has 3 N–H and O–H groups in total. The summed E-state index contributed by atoms with van der Waals surface area (Å²) in [5.74, 6) is -3.98. The van der Waals surface area contributed by atoms with Crippen LogP contribution in [0.3, 0.4) is 0 Å². The van der Waals surface area contributed by atoms with Gasteiger partial charge in [0.25, 0.3) is 5.69 Å². The number of non-ortho nitro benzene ring substituents is 1. The van der Waals surface area contributed by atoms with Gasteiger partial charge in [0, 0.05) is 24.4 Å². The highest BCUT2D eigenvalue weighted by Crippen LogP contribution is 2.24. The zero-order valence-electron chi connectivity index (χ0n) is 10.8. The Kier molecular flexibility index (Phi) is 4.91. The lowest BCUT2D eigenvalue weighted by atomic mass is 10.1. The van der Waals surface area contributed by atoms with E-state index >= 15 is 0 Å². The number of amides is 1. The minimum absolute atomic E-state index is 0.0375. The van der Waals surface area contributed by atoms with Crippen molar-refractivity contribution in [2.45, 2.75) is 12.7 Å². The number of nitro groups is 1. The number of aliphatic carboxylic acids is 1. The Balaban J connectivity index is 3.07. The molecule has 0 saturated heterocycles. The van der Waals surface area contributed by atoms with Gasteiger partial charge in [0.1, 0.15) is 6.54 Å². The Hall–Kier alpha value is -2.85. The van der Waals surface area contributed by atoms with E-state index in [9.17, 15) is 32.9 Å². The Labute approximate surface area is 121 Å². The van der Waals surface area contributed by atoms with Gasteiger partial charge in [0.15, 0.2) is 0 Å². The first-order valence-electron chi connectivity index (χ1n) is 5.63. The fraction of sp³-hybridized carbons (Fsp3) is 0.273. The molecule has 1 rings (SSSR count). The summed E-state index contributed by atoms with van der Waals surface area (Å²) in [6.07, 6.45) is -5.25. The van der Waals surface area contributed by atoms with E-state index in [1.54, 1.807) is 0 Å². The van der Waals surface area contributed by atoms with Crippen LogP contribution in [0.4, 0.5) is 24.5 Å². The van der Waals surface area contributed by atoms with Crippen LogP contribution in [0, 0.1) is 10.1 Å². The summed E-state index contributed by atoms with van der Waals surface area (Å²) in [5.41, 5.74) is 4.83. The van der Waals surface area contributed by atoms with E-state index in [2.05, 4.69) is 0 Å². The van der Waals surface area contributed by atoms with Gasteiger partial charge in [-0.15, -0.1) is 0 Å². The minimum Gasteiger partial charge on any atom is -0.480 e. The number of halogens is 3. The van der Waals surface area contributed by atoms with E-state index in [1.165, 1.54) is 0 Å². The zero-order valence-corrected chi connectivity index (χ0v) is 10.8. The van der Waals surface area contributed by atoms with Gasteiger partial charge in [0.05, 0.1) is 4.92 Å². The number of nitrogen functional groups attached to an aromatic ring is 1. The van der Waals surface area contributed by atoms with Crippen LogP contribution < -0.4 is 5.73 Å². The molecule has 0 bridgehead atoms. The normalized spacial score (nSPS) is 11.0. The maximum atomic E-state index is 12.4. The lowest BCUT2D eigenvalue weighted by molar-refractivity contribution is -0.384. The predicted molar refractivity (Wildman–Crippen MR) is 66.6 cm³/mol. The molecule has 0 aliphatic heterocycles. The molecule has 0 spiro atoms. The summed E-state index contributed by atoms with van der Waals surface area (Å²) in [6, 6.07) is 2.96. The summed E-state index contributed by atoms with van der Waals surface area (Å²) in [5, 5.41) is 19.1. The van der Waals surface area contributed by atoms with Crippen LogP contribution in [-0.4, -0.2) is 39.5 Å². The van der Waals surface area contributed by atoms with E-state index in [4.69, 9.17) is 10.8 Å². The molecular formula is C11H10F3N3O5. The lowest BCUT2D eigenvalue weighted by Gasteiger charge is -2.22. The van der Waals surface area contributed by atoms with E-state index < -0.39 is 36.1 Å². The summed E-state index contributed by atoms with van der Waals surface area (Å²) in [4.78, 5) is 31.6. The van der Waals surface area contributed by atoms with Gasteiger partial charge < -0.3 is 15.7 Å². The lowest BCUT2D eigenvalue weighted by Crippen LogP contribution is -2.43. The molecule has 1 aromatic rings. The van der Waals surface area contributed by atoms with Crippen LogP contribution in [0.15, 0.2) is 18.2 Å². The van der Waals surface area contributed by atoms with Crippen molar-refractivity contribution in [1.82, 2.24) is 4.90 Å². The van der Waals surface area contributed by atoms with Crippen molar-refractivity contribution in [3.05, 3.63) is 33.9 Å². The van der Waals surface area contributed by atoms with Gasteiger partial charge in [-0.1, -0.05) is 0 Å². The second kappa shape index (κ2) is 6.28. The number of hydrogen-bond acceptors (Lipinski definition) is 5. The summed E-state index contributed by atoms with van der Waals surface area (Å²) < 4.78 is 37.3. The number of hydrogen-bond donors (Lipinski definition) is 2. The molecule has 22 heavy (non-hydrogen) atoms. The van der Waals surface area contributed by atoms with E-state index in [0.717, 1.165) is 18.2 Å². The number of carboxylic acids is 1. The summed E-state index contributed by atoms with van der Waals surface area (Å²) >= 11 is 0. The standard InChI is InChI=1S/C11H10F3N3O5/c12-11(13,14)10(20)16(5-9(18)19)4-6-1-2-7(17(21)22)3-8(6)15/h1-3H,4-5,15H2,(H,18,19). The highest BCUT2D eigenvalue weighted by atomic mass is 19.4. The molecule has 0 atom stereocenters. The number of nitrogens with zero attached hydrogens (tertiary/aromatic N) is 2. The predicted octanol–water partition coefficient (Wildman–Crippen LogP) is 1.15. The molecular weight excluding hydrogens is 311 g/mol. The zero-order chi connectivity index (χ0) is 17.1. The fourth-order valence-electron chi connectivity index (χ4n) is 1.59. The van der Waals surface area contributed by atoms with Crippen LogP contribution in [0.25, 0.3) is 0 Å². The molecule has 0 aromatic heterocycles. The second-order valence-corrected chi connectivity index (χ2v) is 4.19. The van der Waals surface area contributed by atoms with Crippen molar-refractivity contribution in [2.24, 2.45) is 0 Å². The first-order chi connectivity index (χ1) is 10.0. The van der Waals surface area contributed by atoms with Gasteiger partial charge in [-0.2, -0.15) is 13.2 Å². The molecule has 0 aliphatic rings. The van der Waals surface area contributed by atoms with Crippen LogP contribution in [0.2, 0.25) is 0 Å². The maximum absolute atomic E-state index is 12.4. The van der Waals surface area contributed by atoms with E-state index in [0.29, 0.717) is 0 Å². The van der Waals surface area contributed by atoms with Crippen LogP contribution >= 0.6 is 0 Å². The van der Waals surface area contributed by atoms with Crippen molar-refractivity contribution >= 4 is 23.3 Å². The first kappa shape index (κ1) is 17.2. The van der Waals surface area contributed by atoms with Crippen molar-refractivity contribution in [3.63, 3.8) is 0 Å². The molecule has 0 heterocycles. The first-order valence-corrected chi connectivity index (χ1v) is 5.63. The number of nitro benzene ring substituents is 1. The smallest absolute Gasteiger partial charge is 0.471 e. The van der Waals surface area contributed by atoms with E-state index in [1.807, 2.05) is 0 Å². The van der Waals surface area contributed by atoms with Crippen molar-refractivity contribution < 1.29 is 32.8 Å². The highest BCUT2D eigenvalue weighted by molar-refractivity contribution is 5.85. The molecule has 11 heteroatoms. The largest absolute Gasteiger partial charge is 0.480 e. The Bertz CT molecular complexity index is 617. The number of carboxylic acid groups (broad SMARTS) is 1. The van der Waals surface area contributed by atoms with Crippen molar-refractivity contribution in [3.8, 4) is 0 Å².